The van der Waals surface area contributed by atoms with E-state index in [1.54, 1.807) is 6.26 Å². The van der Waals surface area contributed by atoms with Gasteiger partial charge in [-0.05, 0) is 37.5 Å². The Bertz CT molecular complexity index is 901. The number of rotatable bonds is 8. The van der Waals surface area contributed by atoms with Gasteiger partial charge in [0.1, 0.15) is 0 Å². The second-order valence-electron chi connectivity index (χ2n) is 7.25. The molecule has 6 nitrogen and oxygen atoms in total. The highest BCUT2D eigenvalue weighted by Crippen LogP contribution is 2.28. The number of carbonyl (C=O) groups excluding carboxylic acids is 1. The van der Waals surface area contributed by atoms with Gasteiger partial charge in [0.05, 0.1) is 11.5 Å². The number of nitrogens with zero attached hydrogens (tertiary/aromatic N) is 3. The molecule has 1 unspecified atom stereocenters. The van der Waals surface area contributed by atoms with E-state index in [2.05, 4.69) is 29.4 Å². The molecule has 0 saturated heterocycles. The quantitative estimate of drug-likeness (QED) is 0.573. The van der Waals surface area contributed by atoms with E-state index in [1.807, 2.05) is 54.8 Å². The zero-order valence-corrected chi connectivity index (χ0v) is 17.5. The fraction of sp³-hybridized carbons (Fsp3) is 0.381. The molecule has 0 aliphatic carbocycles. The summed E-state index contributed by atoms with van der Waals surface area (Å²) in [6, 6.07) is 11.9. The van der Waals surface area contributed by atoms with Crippen molar-refractivity contribution in [2.45, 2.75) is 51.2 Å². The lowest BCUT2D eigenvalue weighted by molar-refractivity contribution is -0.120. The standard InChI is InChI=1S/C21H26N4O2S/c1-14(2)13-25-19(18-6-5-11-27-18)23-24-21(25)28-16(4)20(26)22-12-17-9-7-15(3)8-10-17/h5-11,14,16H,12-13H2,1-4H3,(H,22,26). The van der Waals surface area contributed by atoms with Gasteiger partial charge >= 0.3 is 0 Å². The van der Waals surface area contributed by atoms with Gasteiger partial charge in [-0.1, -0.05) is 55.4 Å². The van der Waals surface area contributed by atoms with Gasteiger partial charge in [-0.25, -0.2) is 0 Å². The Kier molecular flexibility index (Phi) is 6.57. The second-order valence-corrected chi connectivity index (χ2v) is 8.56. The molecular weight excluding hydrogens is 372 g/mol. The third-order valence-electron chi connectivity index (χ3n) is 4.24. The van der Waals surface area contributed by atoms with Crippen molar-refractivity contribution in [3.8, 4) is 11.6 Å². The molecule has 0 saturated carbocycles. The minimum Gasteiger partial charge on any atom is -0.461 e. The normalized spacial score (nSPS) is 12.3. The molecule has 148 valence electrons. The highest BCUT2D eigenvalue weighted by Gasteiger charge is 2.22. The molecule has 2 heterocycles. The first-order chi connectivity index (χ1) is 13.4. The summed E-state index contributed by atoms with van der Waals surface area (Å²) in [5, 5.41) is 12.0. The predicted molar refractivity (Wildman–Crippen MR) is 111 cm³/mol. The maximum Gasteiger partial charge on any atom is 0.233 e. The molecule has 0 aliphatic rings. The van der Waals surface area contributed by atoms with E-state index < -0.39 is 0 Å². The van der Waals surface area contributed by atoms with E-state index in [0.29, 0.717) is 24.0 Å². The summed E-state index contributed by atoms with van der Waals surface area (Å²) in [5.74, 6) is 1.75. The monoisotopic (exact) mass is 398 g/mol. The van der Waals surface area contributed by atoms with Crippen LogP contribution in [0.25, 0.3) is 11.6 Å². The fourth-order valence-corrected chi connectivity index (χ4v) is 3.63. The van der Waals surface area contributed by atoms with Crippen molar-refractivity contribution in [1.29, 1.82) is 0 Å². The third kappa shape index (κ3) is 5.04. The summed E-state index contributed by atoms with van der Waals surface area (Å²) in [4.78, 5) is 12.5. The molecule has 3 aromatic rings. The van der Waals surface area contributed by atoms with Crippen LogP contribution in [0.5, 0.6) is 0 Å². The van der Waals surface area contributed by atoms with Crippen molar-refractivity contribution in [2.24, 2.45) is 5.92 Å². The summed E-state index contributed by atoms with van der Waals surface area (Å²) in [7, 11) is 0. The van der Waals surface area contributed by atoms with Gasteiger partial charge in [0.15, 0.2) is 16.7 Å². The molecule has 1 N–H and O–H groups in total. The Balaban J connectivity index is 1.68. The molecule has 0 bridgehead atoms. The molecule has 0 fully saturated rings. The van der Waals surface area contributed by atoms with Crippen molar-refractivity contribution in [3.05, 3.63) is 53.8 Å². The van der Waals surface area contributed by atoms with Gasteiger partial charge in [0.2, 0.25) is 5.91 Å². The van der Waals surface area contributed by atoms with Gasteiger partial charge in [0.25, 0.3) is 0 Å². The van der Waals surface area contributed by atoms with Crippen LogP contribution in [0.2, 0.25) is 0 Å². The van der Waals surface area contributed by atoms with Gasteiger partial charge in [-0.15, -0.1) is 10.2 Å². The summed E-state index contributed by atoms with van der Waals surface area (Å²) in [5.41, 5.74) is 2.29. The number of nitrogens with one attached hydrogen (secondary N) is 1. The van der Waals surface area contributed by atoms with Gasteiger partial charge in [0, 0.05) is 13.1 Å². The maximum atomic E-state index is 12.5. The lowest BCUT2D eigenvalue weighted by Crippen LogP contribution is -2.30. The lowest BCUT2D eigenvalue weighted by Gasteiger charge is -2.14. The Morgan fingerprint density at radius 2 is 1.93 bits per heavy atom. The zero-order valence-electron chi connectivity index (χ0n) is 16.7. The number of amides is 1. The van der Waals surface area contributed by atoms with E-state index in [9.17, 15) is 4.79 Å². The average Bonchev–Trinajstić information content (AvgIpc) is 3.31. The fourth-order valence-electron chi connectivity index (χ4n) is 2.74. The van der Waals surface area contributed by atoms with Crippen LogP contribution in [-0.4, -0.2) is 25.9 Å². The van der Waals surface area contributed by atoms with Crippen LogP contribution >= 0.6 is 11.8 Å². The Hall–Kier alpha value is -2.54. The molecule has 28 heavy (non-hydrogen) atoms. The number of thioether (sulfide) groups is 1. The van der Waals surface area contributed by atoms with Gasteiger partial charge < -0.3 is 9.73 Å². The Labute approximate surface area is 169 Å². The van der Waals surface area contributed by atoms with Gasteiger partial charge in [-0.3, -0.25) is 9.36 Å². The van der Waals surface area contributed by atoms with Crippen molar-refractivity contribution >= 4 is 17.7 Å². The van der Waals surface area contributed by atoms with E-state index in [0.717, 1.165) is 17.3 Å². The smallest absolute Gasteiger partial charge is 0.233 e. The van der Waals surface area contributed by atoms with E-state index >= 15 is 0 Å². The van der Waals surface area contributed by atoms with E-state index in [1.165, 1.54) is 17.3 Å². The van der Waals surface area contributed by atoms with Crippen molar-refractivity contribution < 1.29 is 9.21 Å². The van der Waals surface area contributed by atoms with E-state index in [-0.39, 0.29) is 11.2 Å². The molecule has 3 rings (SSSR count). The Morgan fingerprint density at radius 3 is 2.57 bits per heavy atom. The minimum atomic E-state index is -0.287. The number of aryl methyl sites for hydroxylation is 1. The molecule has 1 atom stereocenters. The van der Waals surface area contributed by atoms with Crippen LogP contribution in [0.4, 0.5) is 0 Å². The highest BCUT2D eigenvalue weighted by atomic mass is 32.2. The molecule has 1 aromatic carbocycles. The minimum absolute atomic E-state index is 0.0239. The molecule has 0 spiro atoms. The third-order valence-corrected chi connectivity index (χ3v) is 5.33. The first kappa shape index (κ1) is 20.2. The first-order valence-corrected chi connectivity index (χ1v) is 10.3. The zero-order chi connectivity index (χ0) is 20.1. The topological polar surface area (TPSA) is 73.0 Å². The summed E-state index contributed by atoms with van der Waals surface area (Å²) in [6.45, 7) is 9.47. The van der Waals surface area contributed by atoms with Crippen molar-refractivity contribution in [1.82, 2.24) is 20.1 Å². The highest BCUT2D eigenvalue weighted by molar-refractivity contribution is 8.00. The Morgan fingerprint density at radius 1 is 1.18 bits per heavy atom. The van der Waals surface area contributed by atoms with Crippen LogP contribution in [0.1, 0.15) is 31.9 Å². The van der Waals surface area contributed by atoms with Crippen LogP contribution in [-0.2, 0) is 17.9 Å². The first-order valence-electron chi connectivity index (χ1n) is 9.41. The van der Waals surface area contributed by atoms with Crippen LogP contribution in [0.3, 0.4) is 0 Å². The molecule has 0 radical (unpaired) electrons. The summed E-state index contributed by atoms with van der Waals surface area (Å²) < 4.78 is 7.52. The van der Waals surface area contributed by atoms with Crippen LogP contribution in [0, 0.1) is 12.8 Å². The largest absolute Gasteiger partial charge is 0.461 e. The average molecular weight is 399 g/mol. The van der Waals surface area contributed by atoms with E-state index in [4.69, 9.17) is 4.42 Å². The number of hydrogen-bond donors (Lipinski definition) is 1. The second kappa shape index (κ2) is 9.10. The molecule has 7 heteroatoms. The molecular formula is C21H26N4O2S. The van der Waals surface area contributed by atoms with Gasteiger partial charge in [-0.2, -0.15) is 0 Å². The number of aromatic nitrogens is 3. The predicted octanol–water partition coefficient (Wildman–Crippen LogP) is 4.30. The SMILES string of the molecule is Cc1ccc(CNC(=O)C(C)Sc2nnc(-c3ccco3)n2CC(C)C)cc1. The number of furan rings is 1. The number of carbonyl (C=O) groups is 1. The molecule has 1 amide bonds. The maximum absolute atomic E-state index is 12.5. The molecule has 2 aromatic heterocycles. The number of hydrogen-bond acceptors (Lipinski definition) is 5. The molecule has 0 aliphatic heterocycles. The van der Waals surface area contributed by atoms with Crippen LogP contribution in [0.15, 0.2) is 52.2 Å². The summed E-state index contributed by atoms with van der Waals surface area (Å²) in [6.07, 6.45) is 1.62. The number of benzene rings is 1. The van der Waals surface area contributed by atoms with Crippen molar-refractivity contribution in [2.75, 3.05) is 0 Å². The summed E-state index contributed by atoms with van der Waals surface area (Å²) >= 11 is 1.41. The van der Waals surface area contributed by atoms with Crippen molar-refractivity contribution in [3.63, 3.8) is 0 Å². The van der Waals surface area contributed by atoms with Crippen LogP contribution < -0.4 is 5.32 Å². The lowest BCUT2D eigenvalue weighted by atomic mass is 10.1.